The molecule has 0 aliphatic carbocycles. The molecule has 7 heteroatoms. The minimum Gasteiger partial charge on any atom is -0.444 e. The van der Waals surface area contributed by atoms with Crippen LogP contribution in [0.4, 0.5) is 4.79 Å². The van der Waals surface area contributed by atoms with E-state index in [2.05, 4.69) is 10.6 Å². The average Bonchev–Trinajstić information content (AvgIpc) is 2.23. The van der Waals surface area contributed by atoms with E-state index in [0.717, 1.165) is 0 Å². The van der Waals surface area contributed by atoms with Crippen molar-refractivity contribution in [1.82, 2.24) is 10.6 Å². The third-order valence-corrected chi connectivity index (χ3v) is 4.35. The quantitative estimate of drug-likeness (QED) is 0.741. The van der Waals surface area contributed by atoms with Crippen LogP contribution in [-0.4, -0.2) is 50.2 Å². The first kappa shape index (κ1) is 19.2. The molecule has 0 saturated carbocycles. The maximum absolute atomic E-state index is 11.5. The second-order valence-electron chi connectivity index (χ2n) is 6.05. The number of alkyl carbamates (subject to hydrolysis) is 1. The predicted molar refractivity (Wildman–Crippen MR) is 80.6 cm³/mol. The number of carbonyl (C=O) groups excluding carboxylic acids is 1. The fraction of sp³-hybridized carbons (Fsp3) is 0.923. The topological polar surface area (TPSA) is 84.5 Å². The van der Waals surface area contributed by atoms with Gasteiger partial charge in [0.1, 0.15) is 5.60 Å². The molecule has 20 heavy (non-hydrogen) atoms. The first-order valence-corrected chi connectivity index (χ1v) is 8.70. The fourth-order valence-corrected chi connectivity index (χ4v) is 2.74. The van der Waals surface area contributed by atoms with E-state index in [1.807, 2.05) is 13.8 Å². The number of amides is 1. The molecule has 0 aliphatic heterocycles. The summed E-state index contributed by atoms with van der Waals surface area (Å²) in [5.41, 5.74) is -0.525. The molecular formula is C13H28N2O4S. The van der Waals surface area contributed by atoms with Crippen LogP contribution >= 0.6 is 0 Å². The number of carbonyl (C=O) groups is 1. The average molecular weight is 308 g/mol. The molecule has 0 aliphatic rings. The SMILES string of the molecule is CCS(=O)(=O)CC(C)NC(C)CNC(=O)OC(C)(C)C. The highest BCUT2D eigenvalue weighted by Crippen LogP contribution is 2.06. The summed E-state index contributed by atoms with van der Waals surface area (Å²) in [5, 5.41) is 5.79. The van der Waals surface area contributed by atoms with E-state index in [1.165, 1.54) is 0 Å². The highest BCUT2D eigenvalue weighted by atomic mass is 32.2. The van der Waals surface area contributed by atoms with Gasteiger partial charge in [0, 0.05) is 24.4 Å². The third-order valence-electron chi connectivity index (χ3n) is 2.46. The number of ether oxygens (including phenoxy) is 1. The molecule has 0 radical (unpaired) electrons. The van der Waals surface area contributed by atoms with E-state index < -0.39 is 21.5 Å². The zero-order chi connectivity index (χ0) is 16.0. The molecular weight excluding hydrogens is 280 g/mol. The molecule has 0 rings (SSSR count). The van der Waals surface area contributed by atoms with Gasteiger partial charge < -0.3 is 15.4 Å². The third kappa shape index (κ3) is 10.0. The van der Waals surface area contributed by atoms with Gasteiger partial charge in [-0.05, 0) is 34.6 Å². The molecule has 0 heterocycles. The number of rotatable bonds is 7. The highest BCUT2D eigenvalue weighted by molar-refractivity contribution is 7.91. The maximum atomic E-state index is 11.5. The largest absolute Gasteiger partial charge is 0.444 e. The Balaban J connectivity index is 4.06. The van der Waals surface area contributed by atoms with Gasteiger partial charge in [0.2, 0.25) is 0 Å². The van der Waals surface area contributed by atoms with E-state index in [1.54, 1.807) is 27.7 Å². The summed E-state index contributed by atoms with van der Waals surface area (Å²) in [4.78, 5) is 11.5. The lowest BCUT2D eigenvalue weighted by molar-refractivity contribution is 0.0522. The fourth-order valence-electron chi connectivity index (χ4n) is 1.64. The molecule has 1 amide bonds. The van der Waals surface area contributed by atoms with Crippen molar-refractivity contribution in [1.29, 1.82) is 0 Å². The second kappa shape index (κ2) is 7.83. The lowest BCUT2D eigenvalue weighted by atomic mass is 10.2. The van der Waals surface area contributed by atoms with Crippen LogP contribution < -0.4 is 10.6 Å². The molecule has 2 atom stereocenters. The summed E-state index contributed by atoms with van der Waals surface area (Å²) < 4.78 is 28.1. The van der Waals surface area contributed by atoms with Gasteiger partial charge in [-0.15, -0.1) is 0 Å². The lowest BCUT2D eigenvalue weighted by Crippen LogP contribution is -2.46. The van der Waals surface area contributed by atoms with E-state index in [-0.39, 0.29) is 23.6 Å². The molecule has 0 fully saturated rings. The number of sulfone groups is 1. The normalized spacial score (nSPS) is 15.5. The van der Waals surface area contributed by atoms with Gasteiger partial charge in [0.05, 0.1) is 5.75 Å². The Hall–Kier alpha value is -0.820. The molecule has 0 bridgehead atoms. The molecule has 0 aromatic carbocycles. The van der Waals surface area contributed by atoms with Crippen LogP contribution in [-0.2, 0) is 14.6 Å². The van der Waals surface area contributed by atoms with Crippen molar-refractivity contribution >= 4 is 15.9 Å². The number of nitrogens with one attached hydrogen (secondary N) is 2. The summed E-state index contributed by atoms with van der Waals surface area (Å²) in [6.07, 6.45) is -0.472. The number of hydrogen-bond acceptors (Lipinski definition) is 5. The summed E-state index contributed by atoms with van der Waals surface area (Å²) in [7, 11) is -2.99. The Morgan fingerprint density at radius 1 is 1.20 bits per heavy atom. The lowest BCUT2D eigenvalue weighted by Gasteiger charge is -2.23. The van der Waals surface area contributed by atoms with E-state index in [0.29, 0.717) is 6.54 Å². The van der Waals surface area contributed by atoms with Gasteiger partial charge in [0.15, 0.2) is 9.84 Å². The van der Waals surface area contributed by atoms with E-state index >= 15 is 0 Å². The standard InChI is InChI=1S/C13H28N2O4S/c1-7-20(17,18)9-11(3)15-10(2)8-14-12(16)19-13(4,5)6/h10-11,15H,7-9H2,1-6H3,(H,14,16). The molecule has 0 spiro atoms. The Labute approximate surface area is 122 Å². The maximum Gasteiger partial charge on any atom is 0.407 e. The van der Waals surface area contributed by atoms with Crippen LogP contribution in [0, 0.1) is 0 Å². The van der Waals surface area contributed by atoms with Gasteiger partial charge in [-0.3, -0.25) is 0 Å². The smallest absolute Gasteiger partial charge is 0.407 e. The minimum atomic E-state index is -2.99. The predicted octanol–water partition coefficient (Wildman–Crippen LogP) is 1.31. The number of hydrogen-bond donors (Lipinski definition) is 2. The summed E-state index contributed by atoms with van der Waals surface area (Å²) in [5.74, 6) is 0.240. The monoisotopic (exact) mass is 308 g/mol. The van der Waals surface area contributed by atoms with Crippen molar-refractivity contribution in [2.75, 3.05) is 18.1 Å². The Kier molecular flexibility index (Phi) is 7.51. The molecule has 2 N–H and O–H groups in total. The molecule has 0 aromatic rings. The molecule has 120 valence electrons. The summed E-state index contributed by atoms with van der Waals surface area (Å²) in [6.45, 7) is 11.1. The van der Waals surface area contributed by atoms with Crippen LogP contribution in [0.25, 0.3) is 0 Å². The highest BCUT2D eigenvalue weighted by Gasteiger charge is 2.18. The summed E-state index contributed by atoms with van der Waals surface area (Å²) in [6, 6.07) is -0.194. The zero-order valence-corrected chi connectivity index (χ0v) is 14.1. The van der Waals surface area contributed by atoms with Crippen molar-refractivity contribution < 1.29 is 17.9 Å². The van der Waals surface area contributed by atoms with Crippen molar-refractivity contribution in [3.05, 3.63) is 0 Å². The van der Waals surface area contributed by atoms with Crippen LogP contribution in [0.15, 0.2) is 0 Å². The van der Waals surface area contributed by atoms with Gasteiger partial charge in [-0.2, -0.15) is 0 Å². The van der Waals surface area contributed by atoms with Crippen LogP contribution in [0.5, 0.6) is 0 Å². The minimum absolute atomic E-state index is 0.0374. The zero-order valence-electron chi connectivity index (χ0n) is 13.3. The Bertz CT molecular complexity index is 401. The van der Waals surface area contributed by atoms with Crippen LogP contribution in [0.3, 0.4) is 0 Å². The molecule has 0 saturated heterocycles. The van der Waals surface area contributed by atoms with Gasteiger partial charge in [0.25, 0.3) is 0 Å². The van der Waals surface area contributed by atoms with E-state index in [9.17, 15) is 13.2 Å². The van der Waals surface area contributed by atoms with E-state index in [4.69, 9.17) is 4.74 Å². The summed E-state index contributed by atoms with van der Waals surface area (Å²) >= 11 is 0. The molecule has 2 unspecified atom stereocenters. The molecule has 0 aromatic heterocycles. The van der Waals surface area contributed by atoms with Crippen LogP contribution in [0.1, 0.15) is 41.5 Å². The van der Waals surface area contributed by atoms with Crippen molar-refractivity contribution in [2.45, 2.75) is 59.2 Å². The van der Waals surface area contributed by atoms with Gasteiger partial charge in [-0.25, -0.2) is 13.2 Å². The van der Waals surface area contributed by atoms with Gasteiger partial charge >= 0.3 is 6.09 Å². The van der Waals surface area contributed by atoms with Crippen LogP contribution in [0.2, 0.25) is 0 Å². The first-order valence-electron chi connectivity index (χ1n) is 6.88. The van der Waals surface area contributed by atoms with Gasteiger partial charge in [-0.1, -0.05) is 6.92 Å². The molecule has 6 nitrogen and oxygen atoms in total. The Morgan fingerprint density at radius 3 is 2.20 bits per heavy atom. The van der Waals surface area contributed by atoms with Crippen molar-refractivity contribution in [2.24, 2.45) is 0 Å². The van der Waals surface area contributed by atoms with Crippen molar-refractivity contribution in [3.63, 3.8) is 0 Å². The van der Waals surface area contributed by atoms with Crippen molar-refractivity contribution in [3.8, 4) is 0 Å². The second-order valence-corrected chi connectivity index (χ2v) is 8.45. The Morgan fingerprint density at radius 2 is 1.75 bits per heavy atom. The first-order chi connectivity index (χ1) is 8.95.